The molecular formula is C18H22BrN3O2S. The van der Waals surface area contributed by atoms with Gasteiger partial charge < -0.3 is 10.6 Å². The molecule has 2 aromatic rings. The maximum atomic E-state index is 12.3. The van der Waals surface area contributed by atoms with E-state index in [0.29, 0.717) is 17.4 Å². The lowest BCUT2D eigenvalue weighted by molar-refractivity contribution is 0.594. The molecule has 0 aromatic heterocycles. The Bertz CT molecular complexity index is 834. The molecule has 2 aromatic carbocycles. The van der Waals surface area contributed by atoms with Gasteiger partial charge >= 0.3 is 0 Å². The number of nitrogens with one attached hydrogen (secondary N) is 2. The van der Waals surface area contributed by atoms with Gasteiger partial charge in [0.05, 0.1) is 10.6 Å². The van der Waals surface area contributed by atoms with E-state index in [9.17, 15) is 8.42 Å². The van der Waals surface area contributed by atoms with Gasteiger partial charge in [-0.25, -0.2) is 8.42 Å². The highest BCUT2D eigenvalue weighted by Gasteiger charge is 2.14. The van der Waals surface area contributed by atoms with Gasteiger partial charge in [0.2, 0.25) is 0 Å². The monoisotopic (exact) mass is 423 g/mol. The summed E-state index contributed by atoms with van der Waals surface area (Å²) >= 11 is 3.30. The SMILES string of the molecule is CN=C(NCCS(=O)(=O)c1ccc(Br)cc1)NCc1cccc(C)c1. The van der Waals surface area contributed by atoms with Gasteiger partial charge in [-0.2, -0.15) is 0 Å². The van der Waals surface area contributed by atoms with E-state index in [2.05, 4.69) is 37.6 Å². The van der Waals surface area contributed by atoms with Crippen molar-refractivity contribution in [3.05, 3.63) is 64.1 Å². The quantitative estimate of drug-likeness (QED) is 0.553. The van der Waals surface area contributed by atoms with Crippen molar-refractivity contribution in [2.45, 2.75) is 18.4 Å². The minimum Gasteiger partial charge on any atom is -0.355 e. The molecule has 2 N–H and O–H groups in total. The van der Waals surface area contributed by atoms with Gasteiger partial charge in [0.15, 0.2) is 15.8 Å². The Labute approximate surface area is 157 Å². The zero-order valence-electron chi connectivity index (χ0n) is 14.3. The summed E-state index contributed by atoms with van der Waals surface area (Å²) in [7, 11) is -1.66. The Kier molecular flexibility index (Phi) is 7.01. The number of halogens is 1. The predicted molar refractivity (Wildman–Crippen MR) is 106 cm³/mol. The minimum atomic E-state index is -3.32. The average Bonchev–Trinajstić information content (AvgIpc) is 2.58. The van der Waals surface area contributed by atoms with Crippen molar-refractivity contribution in [3.63, 3.8) is 0 Å². The third-order valence-electron chi connectivity index (χ3n) is 3.60. The number of hydrogen-bond acceptors (Lipinski definition) is 3. The number of hydrogen-bond donors (Lipinski definition) is 2. The molecule has 0 spiro atoms. The highest BCUT2D eigenvalue weighted by atomic mass is 79.9. The molecule has 25 heavy (non-hydrogen) atoms. The molecule has 0 aliphatic rings. The summed E-state index contributed by atoms with van der Waals surface area (Å²) in [5.41, 5.74) is 2.34. The second kappa shape index (κ2) is 9.01. The first-order chi connectivity index (χ1) is 11.9. The van der Waals surface area contributed by atoms with E-state index in [-0.39, 0.29) is 12.3 Å². The fourth-order valence-corrected chi connectivity index (χ4v) is 3.71. The largest absolute Gasteiger partial charge is 0.355 e. The molecule has 0 heterocycles. The van der Waals surface area contributed by atoms with Gasteiger partial charge in [-0.15, -0.1) is 0 Å². The summed E-state index contributed by atoms with van der Waals surface area (Å²) in [4.78, 5) is 4.44. The van der Waals surface area contributed by atoms with Crippen molar-refractivity contribution in [2.24, 2.45) is 4.99 Å². The Morgan fingerprint density at radius 3 is 2.48 bits per heavy atom. The Morgan fingerprint density at radius 1 is 1.12 bits per heavy atom. The molecule has 0 fully saturated rings. The smallest absolute Gasteiger partial charge is 0.191 e. The highest BCUT2D eigenvalue weighted by molar-refractivity contribution is 9.10. The highest BCUT2D eigenvalue weighted by Crippen LogP contribution is 2.15. The van der Waals surface area contributed by atoms with Crippen molar-refractivity contribution < 1.29 is 8.42 Å². The zero-order valence-corrected chi connectivity index (χ0v) is 16.7. The van der Waals surface area contributed by atoms with E-state index < -0.39 is 9.84 Å². The summed E-state index contributed by atoms with van der Waals surface area (Å²) in [5, 5.41) is 6.23. The van der Waals surface area contributed by atoms with Crippen LogP contribution in [0.25, 0.3) is 0 Å². The summed E-state index contributed by atoms with van der Waals surface area (Å²) in [6.45, 7) is 2.95. The Morgan fingerprint density at radius 2 is 1.84 bits per heavy atom. The van der Waals surface area contributed by atoms with E-state index in [0.717, 1.165) is 10.0 Å². The first kappa shape index (κ1) is 19.5. The van der Waals surface area contributed by atoms with Crippen molar-refractivity contribution in [2.75, 3.05) is 19.3 Å². The fraction of sp³-hybridized carbons (Fsp3) is 0.278. The van der Waals surface area contributed by atoms with Crippen LogP contribution in [-0.4, -0.2) is 33.7 Å². The van der Waals surface area contributed by atoms with E-state index in [1.807, 2.05) is 25.1 Å². The lowest BCUT2D eigenvalue weighted by Crippen LogP contribution is -2.39. The van der Waals surface area contributed by atoms with Gasteiger partial charge in [-0.3, -0.25) is 4.99 Å². The normalized spacial score (nSPS) is 12.0. The fourth-order valence-electron chi connectivity index (χ4n) is 2.29. The molecule has 0 aliphatic heterocycles. The molecule has 0 radical (unpaired) electrons. The van der Waals surface area contributed by atoms with Crippen LogP contribution in [-0.2, 0) is 16.4 Å². The number of rotatable bonds is 6. The topological polar surface area (TPSA) is 70.6 Å². The van der Waals surface area contributed by atoms with E-state index in [1.165, 1.54) is 5.56 Å². The maximum Gasteiger partial charge on any atom is 0.191 e. The average molecular weight is 424 g/mol. The van der Waals surface area contributed by atoms with Gasteiger partial charge in [0.25, 0.3) is 0 Å². The van der Waals surface area contributed by atoms with Crippen LogP contribution in [0.3, 0.4) is 0 Å². The van der Waals surface area contributed by atoms with Gasteiger partial charge in [-0.05, 0) is 36.8 Å². The van der Waals surface area contributed by atoms with Crippen LogP contribution in [0.4, 0.5) is 0 Å². The number of sulfone groups is 1. The summed E-state index contributed by atoms with van der Waals surface area (Å²) in [6.07, 6.45) is 0. The van der Waals surface area contributed by atoms with Crippen LogP contribution in [0.1, 0.15) is 11.1 Å². The maximum absolute atomic E-state index is 12.3. The molecule has 0 amide bonds. The van der Waals surface area contributed by atoms with E-state index >= 15 is 0 Å². The molecule has 0 saturated heterocycles. The molecule has 0 atom stereocenters. The van der Waals surface area contributed by atoms with Gasteiger partial charge in [0, 0.05) is 24.6 Å². The second-order valence-corrected chi connectivity index (χ2v) is 8.64. The second-order valence-electron chi connectivity index (χ2n) is 5.61. The number of aryl methyl sites for hydroxylation is 1. The molecule has 5 nitrogen and oxygen atoms in total. The van der Waals surface area contributed by atoms with Crippen molar-refractivity contribution in [1.29, 1.82) is 0 Å². The van der Waals surface area contributed by atoms with Crippen molar-refractivity contribution >= 4 is 31.7 Å². The number of benzene rings is 2. The van der Waals surface area contributed by atoms with Crippen LogP contribution in [0.15, 0.2) is 62.9 Å². The number of nitrogens with zero attached hydrogens (tertiary/aromatic N) is 1. The van der Waals surface area contributed by atoms with Crippen LogP contribution in [0, 0.1) is 6.92 Å². The number of guanidine groups is 1. The lowest BCUT2D eigenvalue weighted by Gasteiger charge is -2.12. The van der Waals surface area contributed by atoms with E-state index in [4.69, 9.17) is 0 Å². The van der Waals surface area contributed by atoms with Crippen molar-refractivity contribution in [3.8, 4) is 0 Å². The Hall–Kier alpha value is -1.86. The molecule has 0 unspecified atom stereocenters. The molecule has 134 valence electrons. The molecule has 7 heteroatoms. The Balaban J connectivity index is 1.85. The molecule has 0 aliphatic carbocycles. The van der Waals surface area contributed by atoms with Crippen LogP contribution in [0.5, 0.6) is 0 Å². The first-order valence-electron chi connectivity index (χ1n) is 7.89. The molecule has 0 saturated carbocycles. The van der Waals surface area contributed by atoms with Crippen LogP contribution in [0.2, 0.25) is 0 Å². The molecule has 2 rings (SSSR count). The third kappa shape index (κ3) is 6.17. The predicted octanol–water partition coefficient (Wildman–Crippen LogP) is 2.90. The summed E-state index contributed by atoms with van der Waals surface area (Å²) < 4.78 is 25.5. The molecular weight excluding hydrogens is 402 g/mol. The lowest BCUT2D eigenvalue weighted by atomic mass is 10.1. The first-order valence-corrected chi connectivity index (χ1v) is 10.3. The zero-order chi connectivity index (χ0) is 18.3. The van der Waals surface area contributed by atoms with Crippen molar-refractivity contribution in [1.82, 2.24) is 10.6 Å². The van der Waals surface area contributed by atoms with Gasteiger partial charge in [-0.1, -0.05) is 45.8 Å². The van der Waals surface area contributed by atoms with Crippen LogP contribution >= 0.6 is 15.9 Å². The minimum absolute atomic E-state index is 0.000221. The molecule has 0 bridgehead atoms. The number of aliphatic imine (C=N–C) groups is 1. The summed E-state index contributed by atoms with van der Waals surface area (Å²) in [5.74, 6) is 0.576. The van der Waals surface area contributed by atoms with Crippen LogP contribution < -0.4 is 10.6 Å². The third-order valence-corrected chi connectivity index (χ3v) is 5.86. The van der Waals surface area contributed by atoms with Gasteiger partial charge in [0.1, 0.15) is 0 Å². The standard InChI is InChI=1S/C18H22BrN3O2S/c1-14-4-3-5-15(12-14)13-22-18(20-2)21-10-11-25(23,24)17-8-6-16(19)7-9-17/h3-9,12H,10-11,13H2,1-2H3,(H2,20,21,22). The summed E-state index contributed by atoms with van der Waals surface area (Å²) in [6, 6.07) is 14.8. The van der Waals surface area contributed by atoms with E-state index in [1.54, 1.807) is 31.3 Å².